The Labute approximate surface area is 70.3 Å². The van der Waals surface area contributed by atoms with E-state index in [4.69, 9.17) is 0 Å². The summed E-state index contributed by atoms with van der Waals surface area (Å²) >= 11 is 4.31. The van der Waals surface area contributed by atoms with Gasteiger partial charge in [-0.2, -0.15) is 0 Å². The van der Waals surface area contributed by atoms with Gasteiger partial charge in [0, 0.05) is 5.54 Å². The minimum Gasteiger partial charge on any atom is -0.251 e. The van der Waals surface area contributed by atoms with E-state index in [1.165, 1.54) is 6.42 Å². The first-order chi connectivity index (χ1) is 4.42. The predicted octanol–water partition coefficient (Wildman–Crippen LogP) is 2.59. The molecule has 0 aliphatic carbocycles. The lowest BCUT2D eigenvalue weighted by molar-refractivity contribution is 0.193. The van der Waals surface area contributed by atoms with Crippen molar-refractivity contribution in [2.45, 2.75) is 39.7 Å². The Balaban J connectivity index is 4.09. The minimum atomic E-state index is 0.206. The normalized spacial score (nSPS) is 15.9. The number of hydrogen-bond donors (Lipinski definition) is 1. The fourth-order valence-corrected chi connectivity index (χ4v) is 1.02. The maximum atomic E-state index is 4.31. The molecule has 0 aromatic heterocycles. The maximum Gasteiger partial charge on any atom is 0.0277 e. The van der Waals surface area contributed by atoms with Crippen LogP contribution < -0.4 is 0 Å². The molecule has 10 heavy (non-hydrogen) atoms. The highest BCUT2D eigenvalue weighted by atomic mass is 32.1. The second-order valence-corrected chi connectivity index (χ2v) is 4.09. The Hall–Kier alpha value is 0.310. The summed E-state index contributed by atoms with van der Waals surface area (Å²) in [6.45, 7) is 8.90. The fraction of sp³-hybridized carbons (Fsp3) is 1.00. The van der Waals surface area contributed by atoms with Gasteiger partial charge in [0.15, 0.2) is 0 Å². The topological polar surface area (TPSA) is 3.24 Å². The Morgan fingerprint density at radius 2 is 1.90 bits per heavy atom. The van der Waals surface area contributed by atoms with Crippen molar-refractivity contribution in [1.82, 2.24) is 4.31 Å². The van der Waals surface area contributed by atoms with Crippen molar-refractivity contribution in [3.8, 4) is 0 Å². The molecule has 0 aromatic rings. The molecule has 1 atom stereocenters. The number of hydrogen-bond acceptors (Lipinski definition) is 2. The molecule has 62 valence electrons. The highest BCUT2D eigenvalue weighted by molar-refractivity contribution is 7.77. The van der Waals surface area contributed by atoms with Gasteiger partial charge >= 0.3 is 0 Å². The molecule has 0 aromatic carbocycles. The number of nitrogens with zero attached hydrogens (tertiary/aromatic N) is 1. The van der Waals surface area contributed by atoms with E-state index in [0.29, 0.717) is 5.92 Å². The quantitative estimate of drug-likeness (QED) is 0.623. The zero-order valence-electron chi connectivity index (χ0n) is 7.68. The first kappa shape index (κ1) is 10.3. The summed E-state index contributed by atoms with van der Waals surface area (Å²) in [6.07, 6.45) is 1.21. The highest BCUT2D eigenvalue weighted by Crippen LogP contribution is 2.26. The van der Waals surface area contributed by atoms with Gasteiger partial charge in [-0.3, -0.25) is 4.31 Å². The van der Waals surface area contributed by atoms with E-state index in [9.17, 15) is 0 Å². The lowest BCUT2D eigenvalue weighted by atomic mass is 9.87. The molecule has 0 radical (unpaired) electrons. The van der Waals surface area contributed by atoms with Gasteiger partial charge in [-0.25, -0.2) is 0 Å². The van der Waals surface area contributed by atoms with Gasteiger partial charge in [-0.15, -0.1) is 0 Å². The van der Waals surface area contributed by atoms with E-state index in [0.717, 1.165) is 0 Å². The summed E-state index contributed by atoms with van der Waals surface area (Å²) in [7, 11) is 2.01. The second-order valence-electron chi connectivity index (χ2n) is 3.49. The Bertz CT molecular complexity index is 99.4. The van der Waals surface area contributed by atoms with Gasteiger partial charge in [-0.05, 0) is 26.8 Å². The summed E-state index contributed by atoms with van der Waals surface area (Å²) in [5.41, 5.74) is 0.206. The zero-order chi connectivity index (χ0) is 8.36. The molecule has 1 nitrogen and oxygen atoms in total. The van der Waals surface area contributed by atoms with Crippen LogP contribution in [0.2, 0.25) is 0 Å². The largest absolute Gasteiger partial charge is 0.251 e. The molecule has 0 bridgehead atoms. The average molecular weight is 161 g/mol. The van der Waals surface area contributed by atoms with Crippen LogP contribution >= 0.6 is 12.8 Å². The van der Waals surface area contributed by atoms with Crippen LogP contribution in [-0.2, 0) is 0 Å². The van der Waals surface area contributed by atoms with Gasteiger partial charge in [0.05, 0.1) is 0 Å². The summed E-state index contributed by atoms with van der Waals surface area (Å²) in [4.78, 5) is 0. The van der Waals surface area contributed by atoms with Crippen LogP contribution in [0, 0.1) is 5.92 Å². The first-order valence-corrected chi connectivity index (χ1v) is 4.25. The van der Waals surface area contributed by atoms with Crippen LogP contribution in [-0.4, -0.2) is 16.9 Å². The lowest BCUT2D eigenvalue weighted by Crippen LogP contribution is -2.40. The summed E-state index contributed by atoms with van der Waals surface area (Å²) < 4.78 is 1.99. The third-order valence-corrected chi connectivity index (χ3v) is 3.17. The van der Waals surface area contributed by atoms with Crippen LogP contribution in [0.5, 0.6) is 0 Å². The van der Waals surface area contributed by atoms with Crippen LogP contribution in [0.3, 0.4) is 0 Å². The predicted molar refractivity (Wildman–Crippen MR) is 50.3 cm³/mol. The molecule has 1 unspecified atom stereocenters. The van der Waals surface area contributed by atoms with E-state index in [-0.39, 0.29) is 5.54 Å². The van der Waals surface area contributed by atoms with Crippen molar-refractivity contribution in [3.05, 3.63) is 0 Å². The molecule has 0 fully saturated rings. The SMILES string of the molecule is CCC(C)C(C)(C)N(C)S. The molecule has 0 heterocycles. The van der Waals surface area contributed by atoms with Gasteiger partial charge in [0.1, 0.15) is 0 Å². The molecule has 0 aliphatic rings. The molecular weight excluding hydrogens is 142 g/mol. The molecule has 0 saturated heterocycles. The Morgan fingerprint density at radius 1 is 1.50 bits per heavy atom. The first-order valence-electron chi connectivity index (χ1n) is 3.85. The fourth-order valence-electron chi connectivity index (χ4n) is 0.818. The third kappa shape index (κ3) is 2.17. The maximum absolute atomic E-state index is 4.31. The monoisotopic (exact) mass is 161 g/mol. The van der Waals surface area contributed by atoms with Crippen LogP contribution in [0.4, 0.5) is 0 Å². The van der Waals surface area contributed by atoms with Gasteiger partial charge < -0.3 is 0 Å². The van der Waals surface area contributed by atoms with Crippen LogP contribution in [0.25, 0.3) is 0 Å². The Kier molecular flexibility index (Phi) is 3.74. The minimum absolute atomic E-state index is 0.206. The summed E-state index contributed by atoms with van der Waals surface area (Å²) in [6, 6.07) is 0. The van der Waals surface area contributed by atoms with E-state index >= 15 is 0 Å². The van der Waals surface area contributed by atoms with E-state index < -0.39 is 0 Å². The van der Waals surface area contributed by atoms with Crippen molar-refractivity contribution in [3.63, 3.8) is 0 Å². The molecule has 0 saturated carbocycles. The van der Waals surface area contributed by atoms with Crippen LogP contribution in [0.15, 0.2) is 0 Å². The van der Waals surface area contributed by atoms with Crippen molar-refractivity contribution < 1.29 is 0 Å². The van der Waals surface area contributed by atoms with Crippen LogP contribution in [0.1, 0.15) is 34.1 Å². The van der Waals surface area contributed by atoms with Gasteiger partial charge in [-0.1, -0.05) is 33.1 Å². The van der Waals surface area contributed by atoms with Crippen molar-refractivity contribution >= 4 is 12.8 Å². The lowest BCUT2D eigenvalue weighted by Gasteiger charge is -2.36. The van der Waals surface area contributed by atoms with Crippen molar-refractivity contribution in [2.75, 3.05) is 7.05 Å². The molecule has 0 N–H and O–H groups in total. The molecule has 0 spiro atoms. The van der Waals surface area contributed by atoms with E-state index in [1.54, 1.807) is 0 Å². The smallest absolute Gasteiger partial charge is 0.0277 e. The molecule has 0 amide bonds. The van der Waals surface area contributed by atoms with Gasteiger partial charge in [0.25, 0.3) is 0 Å². The van der Waals surface area contributed by atoms with Crippen molar-refractivity contribution in [1.29, 1.82) is 0 Å². The summed E-state index contributed by atoms with van der Waals surface area (Å²) in [5.74, 6) is 0.690. The third-order valence-electron chi connectivity index (χ3n) is 2.65. The number of thiol groups is 1. The molecule has 2 heteroatoms. The average Bonchev–Trinajstić information content (AvgIpc) is 1.86. The number of rotatable bonds is 3. The molecular formula is C8H19NS. The molecule has 0 aliphatic heterocycles. The van der Waals surface area contributed by atoms with E-state index in [2.05, 4.69) is 40.5 Å². The Morgan fingerprint density at radius 3 is 2.00 bits per heavy atom. The highest BCUT2D eigenvalue weighted by Gasteiger charge is 2.26. The van der Waals surface area contributed by atoms with Gasteiger partial charge in [0.2, 0.25) is 0 Å². The molecule has 0 rings (SSSR count). The zero-order valence-corrected chi connectivity index (χ0v) is 8.57. The standard InChI is InChI=1S/C8H19NS/c1-6-7(2)8(3,4)9(5)10/h7,10H,6H2,1-5H3. The second kappa shape index (κ2) is 3.63. The van der Waals surface area contributed by atoms with E-state index in [1.807, 2.05) is 11.4 Å². The summed E-state index contributed by atoms with van der Waals surface area (Å²) in [5, 5.41) is 0. The van der Waals surface area contributed by atoms with Crippen molar-refractivity contribution in [2.24, 2.45) is 5.92 Å².